The number of hydrogen-bond donors (Lipinski definition) is 0. The van der Waals surface area contributed by atoms with Gasteiger partial charge in [0.25, 0.3) is 0 Å². The van der Waals surface area contributed by atoms with Gasteiger partial charge in [0, 0.05) is 24.7 Å². The minimum Gasteiger partial charge on any atom is -0.301 e. The van der Waals surface area contributed by atoms with Crippen molar-refractivity contribution >= 4 is 11.6 Å². The molecule has 0 spiro atoms. The van der Waals surface area contributed by atoms with Crippen molar-refractivity contribution in [1.82, 2.24) is 9.55 Å². The van der Waals surface area contributed by atoms with Crippen LogP contribution in [0.2, 0.25) is 0 Å². The number of aryl methyl sites for hydroxylation is 1. The molecule has 0 aliphatic rings. The van der Waals surface area contributed by atoms with E-state index in [1.165, 1.54) is 6.07 Å². The predicted octanol–water partition coefficient (Wildman–Crippen LogP) is 3.31. The van der Waals surface area contributed by atoms with Crippen LogP contribution in [0.25, 0.3) is 5.69 Å². The predicted molar refractivity (Wildman–Crippen MR) is 62.5 cm³/mol. The monoisotopic (exact) mass is 238 g/mol. The standard InChI is InChI=1S/C12H12ClFN2/c1-2-11-15-6-7-16(11)12-9(8-13)4-3-5-10(12)14/h3-7H,2,8H2,1H3. The summed E-state index contributed by atoms with van der Waals surface area (Å²) in [7, 11) is 0. The molecule has 0 bridgehead atoms. The number of aromatic nitrogens is 2. The van der Waals surface area contributed by atoms with Gasteiger partial charge >= 0.3 is 0 Å². The Labute approximate surface area is 98.7 Å². The molecule has 84 valence electrons. The Morgan fingerprint density at radius 2 is 2.25 bits per heavy atom. The molecule has 0 fully saturated rings. The van der Waals surface area contributed by atoms with Gasteiger partial charge in [0.15, 0.2) is 0 Å². The van der Waals surface area contributed by atoms with Crippen LogP contribution >= 0.6 is 11.6 Å². The Hall–Kier alpha value is -1.35. The van der Waals surface area contributed by atoms with Crippen LogP contribution in [0.4, 0.5) is 4.39 Å². The normalized spacial score (nSPS) is 10.7. The van der Waals surface area contributed by atoms with E-state index in [1.807, 2.05) is 13.0 Å². The average Bonchev–Trinajstić information content (AvgIpc) is 2.76. The zero-order valence-corrected chi connectivity index (χ0v) is 9.71. The number of nitrogens with zero attached hydrogens (tertiary/aromatic N) is 2. The summed E-state index contributed by atoms with van der Waals surface area (Å²) >= 11 is 5.82. The number of para-hydroxylation sites is 1. The third-order valence-electron chi connectivity index (χ3n) is 2.49. The number of imidazole rings is 1. The SMILES string of the molecule is CCc1nccn1-c1c(F)cccc1CCl. The van der Waals surface area contributed by atoms with E-state index in [9.17, 15) is 4.39 Å². The van der Waals surface area contributed by atoms with Crippen molar-refractivity contribution in [3.05, 3.63) is 47.8 Å². The van der Waals surface area contributed by atoms with Gasteiger partial charge in [-0.1, -0.05) is 19.1 Å². The topological polar surface area (TPSA) is 17.8 Å². The zero-order valence-electron chi connectivity index (χ0n) is 8.95. The van der Waals surface area contributed by atoms with Gasteiger partial charge in [0.1, 0.15) is 11.6 Å². The third-order valence-corrected chi connectivity index (χ3v) is 2.78. The highest BCUT2D eigenvalue weighted by molar-refractivity contribution is 6.17. The van der Waals surface area contributed by atoms with Gasteiger partial charge in [-0.25, -0.2) is 9.37 Å². The maximum absolute atomic E-state index is 13.8. The van der Waals surface area contributed by atoms with Crippen LogP contribution < -0.4 is 0 Å². The molecule has 1 heterocycles. The number of alkyl halides is 1. The van der Waals surface area contributed by atoms with Gasteiger partial charge in [-0.3, -0.25) is 0 Å². The fourth-order valence-electron chi connectivity index (χ4n) is 1.74. The van der Waals surface area contributed by atoms with Crippen molar-refractivity contribution in [1.29, 1.82) is 0 Å². The highest BCUT2D eigenvalue weighted by Crippen LogP contribution is 2.21. The van der Waals surface area contributed by atoms with Crippen LogP contribution in [0, 0.1) is 5.82 Å². The summed E-state index contributed by atoms with van der Waals surface area (Å²) in [5.41, 5.74) is 1.28. The van der Waals surface area contributed by atoms with E-state index in [-0.39, 0.29) is 11.7 Å². The van der Waals surface area contributed by atoms with E-state index in [4.69, 9.17) is 11.6 Å². The zero-order chi connectivity index (χ0) is 11.5. The van der Waals surface area contributed by atoms with Gasteiger partial charge in [-0.2, -0.15) is 0 Å². The van der Waals surface area contributed by atoms with E-state index in [2.05, 4.69) is 4.98 Å². The summed E-state index contributed by atoms with van der Waals surface area (Å²) in [4.78, 5) is 4.18. The second-order valence-electron chi connectivity index (χ2n) is 3.45. The molecule has 16 heavy (non-hydrogen) atoms. The molecule has 0 saturated carbocycles. The van der Waals surface area contributed by atoms with E-state index in [0.29, 0.717) is 5.69 Å². The third kappa shape index (κ3) is 1.83. The van der Waals surface area contributed by atoms with Gasteiger partial charge in [-0.05, 0) is 11.6 Å². The Kier molecular flexibility index (Phi) is 3.25. The molecule has 0 unspecified atom stereocenters. The Morgan fingerprint density at radius 3 is 2.94 bits per heavy atom. The molecule has 1 aromatic heterocycles. The van der Waals surface area contributed by atoms with Crippen molar-refractivity contribution in [2.24, 2.45) is 0 Å². The fourth-order valence-corrected chi connectivity index (χ4v) is 1.95. The van der Waals surface area contributed by atoms with Crippen LogP contribution in [0.15, 0.2) is 30.6 Å². The van der Waals surface area contributed by atoms with Crippen LogP contribution in [0.3, 0.4) is 0 Å². The molecule has 0 amide bonds. The van der Waals surface area contributed by atoms with Gasteiger partial charge < -0.3 is 4.57 Å². The van der Waals surface area contributed by atoms with E-state index in [0.717, 1.165) is 17.8 Å². The molecule has 0 atom stereocenters. The lowest BCUT2D eigenvalue weighted by Gasteiger charge is -2.11. The fraction of sp³-hybridized carbons (Fsp3) is 0.250. The lowest BCUT2D eigenvalue weighted by atomic mass is 10.2. The Balaban J connectivity index is 2.63. The molecule has 2 aromatic rings. The van der Waals surface area contributed by atoms with Crippen LogP contribution in [0.5, 0.6) is 0 Å². The average molecular weight is 239 g/mol. The first-order chi connectivity index (χ1) is 7.77. The summed E-state index contributed by atoms with van der Waals surface area (Å²) in [5, 5.41) is 0. The second-order valence-corrected chi connectivity index (χ2v) is 3.72. The number of benzene rings is 1. The smallest absolute Gasteiger partial charge is 0.147 e. The van der Waals surface area contributed by atoms with Gasteiger partial charge in [0.2, 0.25) is 0 Å². The summed E-state index contributed by atoms with van der Waals surface area (Å²) in [6.45, 7) is 1.99. The summed E-state index contributed by atoms with van der Waals surface area (Å²) < 4.78 is 15.6. The van der Waals surface area contributed by atoms with E-state index >= 15 is 0 Å². The highest BCUT2D eigenvalue weighted by Gasteiger charge is 2.12. The molecule has 0 N–H and O–H groups in total. The molecular weight excluding hydrogens is 227 g/mol. The van der Waals surface area contributed by atoms with Crippen molar-refractivity contribution in [3.63, 3.8) is 0 Å². The molecule has 0 saturated heterocycles. The lowest BCUT2D eigenvalue weighted by Crippen LogP contribution is -2.05. The largest absolute Gasteiger partial charge is 0.301 e. The highest BCUT2D eigenvalue weighted by atomic mass is 35.5. The molecule has 1 aromatic carbocycles. The minimum absolute atomic E-state index is 0.272. The van der Waals surface area contributed by atoms with Crippen molar-refractivity contribution in [3.8, 4) is 5.69 Å². The van der Waals surface area contributed by atoms with Crippen LogP contribution in [-0.4, -0.2) is 9.55 Å². The van der Waals surface area contributed by atoms with E-state index in [1.54, 1.807) is 23.0 Å². The quantitative estimate of drug-likeness (QED) is 0.751. The maximum Gasteiger partial charge on any atom is 0.147 e. The summed E-state index contributed by atoms with van der Waals surface area (Å²) in [5.74, 6) is 0.844. The minimum atomic E-state index is -0.272. The summed E-state index contributed by atoms with van der Waals surface area (Å²) in [6, 6.07) is 4.93. The molecule has 2 rings (SSSR count). The Bertz CT molecular complexity index is 494. The van der Waals surface area contributed by atoms with Crippen molar-refractivity contribution < 1.29 is 4.39 Å². The lowest BCUT2D eigenvalue weighted by molar-refractivity contribution is 0.613. The molecule has 0 aliphatic heterocycles. The molecular formula is C12H12ClFN2. The molecule has 2 nitrogen and oxygen atoms in total. The van der Waals surface area contributed by atoms with Crippen LogP contribution in [-0.2, 0) is 12.3 Å². The number of hydrogen-bond acceptors (Lipinski definition) is 1. The maximum atomic E-state index is 13.8. The van der Waals surface area contributed by atoms with Gasteiger partial charge in [-0.15, -0.1) is 11.6 Å². The number of rotatable bonds is 3. The first-order valence-corrected chi connectivity index (χ1v) is 5.67. The first kappa shape index (κ1) is 11.1. The van der Waals surface area contributed by atoms with Crippen molar-refractivity contribution in [2.45, 2.75) is 19.2 Å². The Morgan fingerprint density at radius 1 is 1.44 bits per heavy atom. The van der Waals surface area contributed by atoms with Crippen molar-refractivity contribution in [2.75, 3.05) is 0 Å². The first-order valence-electron chi connectivity index (χ1n) is 5.14. The summed E-state index contributed by atoms with van der Waals surface area (Å²) in [6.07, 6.45) is 4.18. The molecule has 0 radical (unpaired) electrons. The number of halogens is 2. The molecule has 4 heteroatoms. The molecule has 0 aliphatic carbocycles. The van der Waals surface area contributed by atoms with E-state index < -0.39 is 0 Å². The van der Waals surface area contributed by atoms with Gasteiger partial charge in [0.05, 0.1) is 5.69 Å². The second kappa shape index (κ2) is 4.66. The van der Waals surface area contributed by atoms with Crippen LogP contribution in [0.1, 0.15) is 18.3 Å².